The molecule has 0 amide bonds. The van der Waals surface area contributed by atoms with Crippen LogP contribution in [0.15, 0.2) is 18.2 Å². The molecule has 0 saturated carbocycles. The van der Waals surface area contributed by atoms with Gasteiger partial charge in [0, 0.05) is 11.6 Å². The third kappa shape index (κ3) is 3.36. The second-order valence-corrected chi connectivity index (χ2v) is 5.40. The minimum atomic E-state index is -0.525. The Balaban J connectivity index is 3.34. The Morgan fingerprint density at radius 3 is 1.90 bits per heavy atom. The second kappa shape index (κ2) is 7.14. The van der Waals surface area contributed by atoms with Gasteiger partial charge in [-0.1, -0.05) is 20.8 Å². The standard InChI is InChI=1S/C16H26F2N2/c1-6-16(7-2,20(4)5)15(19-8-3)12-9-13(17)11-14(18)10-12/h9-11,15,19H,6-8H2,1-5H3. The molecular formula is C16H26F2N2. The van der Waals surface area contributed by atoms with Gasteiger partial charge in [0.1, 0.15) is 11.6 Å². The van der Waals surface area contributed by atoms with E-state index >= 15 is 0 Å². The van der Waals surface area contributed by atoms with Gasteiger partial charge in [-0.2, -0.15) is 0 Å². The van der Waals surface area contributed by atoms with Crippen molar-refractivity contribution in [2.24, 2.45) is 0 Å². The molecule has 0 saturated heterocycles. The molecule has 20 heavy (non-hydrogen) atoms. The smallest absolute Gasteiger partial charge is 0.126 e. The van der Waals surface area contributed by atoms with E-state index in [1.165, 1.54) is 12.1 Å². The van der Waals surface area contributed by atoms with Crippen LogP contribution < -0.4 is 5.32 Å². The topological polar surface area (TPSA) is 15.3 Å². The van der Waals surface area contributed by atoms with Gasteiger partial charge in [-0.15, -0.1) is 0 Å². The molecule has 0 aliphatic heterocycles. The van der Waals surface area contributed by atoms with Gasteiger partial charge in [-0.25, -0.2) is 8.78 Å². The van der Waals surface area contributed by atoms with Crippen LogP contribution in [0, 0.1) is 11.6 Å². The Labute approximate surface area is 121 Å². The Bertz CT molecular complexity index is 408. The Morgan fingerprint density at radius 2 is 1.55 bits per heavy atom. The minimum Gasteiger partial charge on any atom is -0.309 e. The van der Waals surface area contributed by atoms with Gasteiger partial charge in [0.2, 0.25) is 0 Å². The maximum absolute atomic E-state index is 13.5. The van der Waals surface area contributed by atoms with Crippen molar-refractivity contribution >= 4 is 0 Å². The molecule has 0 bridgehead atoms. The van der Waals surface area contributed by atoms with Crippen molar-refractivity contribution in [3.05, 3.63) is 35.4 Å². The normalized spacial score (nSPS) is 13.8. The summed E-state index contributed by atoms with van der Waals surface area (Å²) in [6.45, 7) is 6.99. The predicted molar refractivity (Wildman–Crippen MR) is 79.8 cm³/mol. The first-order valence-electron chi connectivity index (χ1n) is 7.28. The van der Waals surface area contributed by atoms with Gasteiger partial charge in [-0.3, -0.25) is 0 Å². The van der Waals surface area contributed by atoms with E-state index in [1.807, 2.05) is 21.0 Å². The second-order valence-electron chi connectivity index (χ2n) is 5.40. The van der Waals surface area contributed by atoms with Crippen LogP contribution in [0.5, 0.6) is 0 Å². The highest BCUT2D eigenvalue weighted by atomic mass is 19.1. The van der Waals surface area contributed by atoms with Crippen LogP contribution in [-0.2, 0) is 0 Å². The Morgan fingerprint density at radius 1 is 1.05 bits per heavy atom. The van der Waals surface area contributed by atoms with E-state index in [0.29, 0.717) is 5.56 Å². The van der Waals surface area contributed by atoms with Crippen LogP contribution in [-0.4, -0.2) is 31.1 Å². The van der Waals surface area contributed by atoms with Crippen molar-refractivity contribution in [1.29, 1.82) is 0 Å². The molecule has 2 nitrogen and oxygen atoms in total. The summed E-state index contributed by atoms with van der Waals surface area (Å²) in [5, 5.41) is 3.40. The first-order chi connectivity index (χ1) is 9.41. The lowest BCUT2D eigenvalue weighted by Crippen LogP contribution is -2.53. The van der Waals surface area contributed by atoms with Crippen LogP contribution in [0.1, 0.15) is 45.2 Å². The molecule has 0 heterocycles. The molecule has 4 heteroatoms. The highest BCUT2D eigenvalue weighted by Gasteiger charge is 2.38. The average Bonchev–Trinajstić information content (AvgIpc) is 2.38. The molecule has 1 atom stereocenters. The molecule has 0 aliphatic carbocycles. The van der Waals surface area contributed by atoms with Crippen molar-refractivity contribution in [3.63, 3.8) is 0 Å². The molecular weight excluding hydrogens is 258 g/mol. The van der Waals surface area contributed by atoms with Crippen molar-refractivity contribution in [2.75, 3.05) is 20.6 Å². The third-order valence-electron chi connectivity index (χ3n) is 4.28. The van der Waals surface area contributed by atoms with Gasteiger partial charge in [-0.05, 0) is 51.2 Å². The number of hydrogen-bond acceptors (Lipinski definition) is 2. The summed E-state index contributed by atoms with van der Waals surface area (Å²) in [5.74, 6) is -1.05. The third-order valence-corrected chi connectivity index (χ3v) is 4.28. The lowest BCUT2D eigenvalue weighted by Gasteiger charge is -2.45. The van der Waals surface area contributed by atoms with Gasteiger partial charge in [0.05, 0.1) is 6.04 Å². The average molecular weight is 284 g/mol. The Kier molecular flexibility index (Phi) is 6.08. The molecule has 0 aliphatic rings. The number of likely N-dealkylation sites (N-methyl/N-ethyl adjacent to an activating group) is 2. The van der Waals surface area contributed by atoms with Crippen molar-refractivity contribution in [3.8, 4) is 0 Å². The number of rotatable bonds is 7. The van der Waals surface area contributed by atoms with Crippen LogP contribution >= 0.6 is 0 Å². The fraction of sp³-hybridized carbons (Fsp3) is 0.625. The zero-order valence-corrected chi connectivity index (χ0v) is 13.1. The van der Waals surface area contributed by atoms with Crippen LogP contribution in [0.2, 0.25) is 0 Å². The highest BCUT2D eigenvalue weighted by molar-refractivity contribution is 5.25. The first kappa shape index (κ1) is 17.1. The largest absolute Gasteiger partial charge is 0.309 e. The fourth-order valence-corrected chi connectivity index (χ4v) is 3.11. The lowest BCUT2D eigenvalue weighted by atomic mass is 9.79. The summed E-state index contributed by atoms with van der Waals surface area (Å²) < 4.78 is 27.1. The Hall–Kier alpha value is -1.00. The predicted octanol–water partition coefficient (Wildman–Crippen LogP) is 3.74. The summed E-state index contributed by atoms with van der Waals surface area (Å²) in [5.41, 5.74) is 0.498. The molecule has 0 fully saturated rings. The van der Waals surface area contributed by atoms with E-state index in [-0.39, 0.29) is 11.6 Å². The van der Waals surface area contributed by atoms with Crippen molar-refractivity contribution in [2.45, 2.75) is 45.2 Å². The molecule has 1 rings (SSSR count). The number of benzene rings is 1. The van der Waals surface area contributed by atoms with Gasteiger partial charge < -0.3 is 10.2 Å². The quantitative estimate of drug-likeness (QED) is 0.820. The van der Waals surface area contributed by atoms with Crippen molar-refractivity contribution in [1.82, 2.24) is 10.2 Å². The lowest BCUT2D eigenvalue weighted by molar-refractivity contribution is 0.0886. The molecule has 1 aromatic carbocycles. The van der Waals surface area contributed by atoms with E-state index in [9.17, 15) is 8.78 Å². The zero-order chi connectivity index (χ0) is 15.3. The number of hydrogen-bond donors (Lipinski definition) is 1. The molecule has 1 unspecified atom stereocenters. The SMILES string of the molecule is CCNC(c1cc(F)cc(F)c1)C(CC)(CC)N(C)C. The van der Waals surface area contributed by atoms with Crippen molar-refractivity contribution < 1.29 is 8.78 Å². The zero-order valence-electron chi connectivity index (χ0n) is 13.1. The van der Waals surface area contributed by atoms with E-state index in [0.717, 1.165) is 25.5 Å². The summed E-state index contributed by atoms with van der Waals surface area (Å²) in [6, 6.07) is 3.67. The van der Waals surface area contributed by atoms with Gasteiger partial charge in [0.15, 0.2) is 0 Å². The maximum atomic E-state index is 13.5. The minimum absolute atomic E-state index is 0.109. The van der Waals surface area contributed by atoms with E-state index in [4.69, 9.17) is 0 Å². The summed E-state index contributed by atoms with van der Waals surface area (Å²) >= 11 is 0. The number of nitrogens with one attached hydrogen (secondary N) is 1. The van der Waals surface area contributed by atoms with Crippen LogP contribution in [0.3, 0.4) is 0 Å². The number of halogens is 2. The molecule has 0 aromatic heterocycles. The summed E-state index contributed by atoms with van der Waals surface area (Å²) in [6.07, 6.45) is 1.79. The molecule has 0 spiro atoms. The van der Waals surface area contributed by atoms with Gasteiger partial charge >= 0.3 is 0 Å². The first-order valence-corrected chi connectivity index (χ1v) is 7.28. The highest BCUT2D eigenvalue weighted by Crippen LogP contribution is 2.36. The summed E-state index contributed by atoms with van der Waals surface area (Å²) in [7, 11) is 4.04. The molecule has 1 aromatic rings. The number of nitrogens with zero attached hydrogens (tertiary/aromatic N) is 1. The van der Waals surface area contributed by atoms with Crippen LogP contribution in [0.25, 0.3) is 0 Å². The molecule has 1 N–H and O–H groups in total. The summed E-state index contributed by atoms with van der Waals surface area (Å²) in [4.78, 5) is 2.16. The van der Waals surface area contributed by atoms with E-state index in [2.05, 4.69) is 24.1 Å². The van der Waals surface area contributed by atoms with Gasteiger partial charge in [0.25, 0.3) is 0 Å². The molecule has 114 valence electrons. The maximum Gasteiger partial charge on any atom is 0.126 e. The monoisotopic (exact) mass is 284 g/mol. The van der Waals surface area contributed by atoms with E-state index < -0.39 is 11.6 Å². The van der Waals surface area contributed by atoms with E-state index in [1.54, 1.807) is 0 Å². The van der Waals surface area contributed by atoms with Crippen LogP contribution in [0.4, 0.5) is 8.78 Å². The molecule has 0 radical (unpaired) electrons. The fourth-order valence-electron chi connectivity index (χ4n) is 3.11.